The number of primary amides is 1. The Morgan fingerprint density at radius 1 is 1.12 bits per heavy atom. The molecule has 8 nitrogen and oxygen atoms in total. The summed E-state index contributed by atoms with van der Waals surface area (Å²) in [6, 6.07) is 8.15. The minimum atomic E-state index is -4.64. The van der Waals surface area contributed by atoms with Crippen LogP contribution in [0.2, 0.25) is 0 Å². The van der Waals surface area contributed by atoms with Gasteiger partial charge in [0.1, 0.15) is 0 Å². The van der Waals surface area contributed by atoms with E-state index < -0.39 is 19.9 Å². The summed E-state index contributed by atoms with van der Waals surface area (Å²) in [5.74, 6) is -0.733. The van der Waals surface area contributed by atoms with E-state index in [1.807, 2.05) is 0 Å². The Hall–Kier alpha value is -1.73. The van der Waals surface area contributed by atoms with Crippen molar-refractivity contribution in [2.75, 3.05) is 0 Å². The zero-order valence-electron chi connectivity index (χ0n) is 8.39. The van der Waals surface area contributed by atoms with Crippen molar-refractivity contribution in [1.29, 1.82) is 0 Å². The van der Waals surface area contributed by atoms with E-state index in [1.165, 1.54) is 12.1 Å². The van der Waals surface area contributed by atoms with E-state index in [2.05, 4.69) is 10.5 Å². The second kappa shape index (κ2) is 6.77. The van der Waals surface area contributed by atoms with Gasteiger partial charge in [-0.3, -0.25) is 0 Å². The first-order valence-corrected chi connectivity index (χ1v) is 5.61. The highest BCUT2D eigenvalue weighted by Gasteiger charge is 2.08. The number of carbonyl (C=O) groups is 2. The van der Waals surface area contributed by atoms with Gasteiger partial charge in [0.15, 0.2) is 0 Å². The molecule has 0 atom stereocenters. The van der Waals surface area contributed by atoms with Crippen molar-refractivity contribution in [3.05, 3.63) is 35.9 Å². The van der Waals surface area contributed by atoms with E-state index in [0.29, 0.717) is 5.56 Å². The van der Waals surface area contributed by atoms with Crippen LogP contribution in [0.3, 0.4) is 0 Å². The van der Waals surface area contributed by atoms with Crippen molar-refractivity contribution >= 4 is 19.9 Å². The van der Waals surface area contributed by atoms with Gasteiger partial charge in [-0.05, 0) is 12.1 Å². The highest BCUT2D eigenvalue weighted by atomic mass is 31.2. The highest BCUT2D eigenvalue weighted by Crippen LogP contribution is 2.25. The van der Waals surface area contributed by atoms with Gasteiger partial charge >= 0.3 is 19.9 Å². The van der Waals surface area contributed by atoms with Gasteiger partial charge in [0.2, 0.25) is 0 Å². The normalized spacial score (nSPS) is 9.82. The number of benzene rings is 1. The van der Waals surface area contributed by atoms with E-state index in [1.54, 1.807) is 18.2 Å². The Bertz CT molecular complexity index is 418. The van der Waals surface area contributed by atoms with E-state index in [0.717, 1.165) is 0 Å². The minimum absolute atomic E-state index is 0.302. The predicted octanol–water partition coefficient (Wildman–Crippen LogP) is -0.00650. The molecule has 1 rings (SSSR count). The van der Waals surface area contributed by atoms with Crippen LogP contribution in [0.25, 0.3) is 0 Å². The van der Waals surface area contributed by atoms with E-state index in [-0.39, 0.29) is 0 Å². The molecule has 0 spiro atoms. The quantitative estimate of drug-likeness (QED) is 0.316. The summed E-state index contributed by atoms with van der Waals surface area (Å²) in [5.41, 5.74) is 4.95. The van der Waals surface area contributed by atoms with Gasteiger partial charge in [-0.15, -0.1) is 0 Å². The summed E-state index contributed by atoms with van der Waals surface area (Å²) >= 11 is 0. The molecule has 0 aliphatic carbocycles. The van der Waals surface area contributed by atoms with Gasteiger partial charge in [0.05, 0.1) is 5.56 Å². The molecule has 94 valence electrons. The lowest BCUT2D eigenvalue weighted by atomic mass is 10.2. The molecule has 0 aromatic heterocycles. The zero-order valence-corrected chi connectivity index (χ0v) is 9.28. The Kier molecular flexibility index (Phi) is 6.08. The van der Waals surface area contributed by atoms with Crippen LogP contribution in [0.15, 0.2) is 30.3 Å². The second-order valence-corrected chi connectivity index (χ2v) is 3.61. The standard InChI is InChI=1S/C8H7NO3.H3O4P/c9-8(11)12-7(10)6-4-2-1-3-5-6;1-5(2,3)4/h1-5H,(H2,9,11);(H3,1,2,3,4). The number of rotatable bonds is 1. The van der Waals surface area contributed by atoms with Gasteiger partial charge in [-0.25, -0.2) is 14.2 Å². The molecular weight excluding hydrogens is 253 g/mol. The predicted molar refractivity (Wildman–Crippen MR) is 55.7 cm³/mol. The van der Waals surface area contributed by atoms with Gasteiger partial charge in [-0.1, -0.05) is 18.2 Å². The number of hydrogen-bond acceptors (Lipinski definition) is 4. The molecular formula is C8H10NO7P. The molecule has 1 aromatic carbocycles. The van der Waals surface area contributed by atoms with Crippen molar-refractivity contribution < 1.29 is 33.6 Å². The Morgan fingerprint density at radius 3 is 1.88 bits per heavy atom. The maximum atomic E-state index is 10.9. The first kappa shape index (κ1) is 15.3. The lowest BCUT2D eigenvalue weighted by Crippen LogP contribution is -2.18. The third-order valence-electron chi connectivity index (χ3n) is 1.20. The first-order valence-electron chi connectivity index (χ1n) is 4.05. The number of phosphoric acid groups is 1. The number of hydrogen-bond donors (Lipinski definition) is 4. The molecule has 9 heteroatoms. The fraction of sp³-hybridized carbons (Fsp3) is 0. The van der Waals surface area contributed by atoms with Crippen molar-refractivity contribution in [1.82, 2.24) is 0 Å². The van der Waals surface area contributed by atoms with E-state index >= 15 is 0 Å². The van der Waals surface area contributed by atoms with E-state index in [9.17, 15) is 9.59 Å². The molecule has 0 saturated heterocycles. The van der Waals surface area contributed by atoms with Crippen molar-refractivity contribution in [3.8, 4) is 0 Å². The smallest absolute Gasteiger partial charge is 0.373 e. The molecule has 17 heavy (non-hydrogen) atoms. The molecule has 0 aliphatic heterocycles. The van der Waals surface area contributed by atoms with Gasteiger partial charge in [0, 0.05) is 0 Å². The van der Waals surface area contributed by atoms with Crippen LogP contribution in [-0.4, -0.2) is 26.7 Å². The molecule has 0 radical (unpaired) electrons. The molecule has 0 unspecified atom stereocenters. The Morgan fingerprint density at radius 2 is 1.53 bits per heavy atom. The van der Waals surface area contributed by atoms with Crippen molar-refractivity contribution in [2.45, 2.75) is 0 Å². The third-order valence-corrected chi connectivity index (χ3v) is 1.20. The molecule has 1 aromatic rings. The van der Waals surface area contributed by atoms with Crippen LogP contribution in [0, 0.1) is 0 Å². The number of carbonyl (C=O) groups excluding carboxylic acids is 2. The SMILES string of the molecule is NC(=O)OC(=O)c1ccccc1.O=P(O)(O)O. The number of amides is 1. The van der Waals surface area contributed by atoms with Gasteiger partial charge in [0.25, 0.3) is 0 Å². The number of ether oxygens (including phenoxy) is 1. The molecule has 5 N–H and O–H groups in total. The van der Waals surface area contributed by atoms with Crippen LogP contribution >= 0.6 is 7.82 Å². The van der Waals surface area contributed by atoms with Crippen molar-refractivity contribution in [3.63, 3.8) is 0 Å². The van der Waals surface area contributed by atoms with Gasteiger partial charge in [-0.2, -0.15) is 0 Å². The Labute approximate surface area is 95.9 Å². The fourth-order valence-corrected chi connectivity index (χ4v) is 0.725. The number of esters is 1. The van der Waals surface area contributed by atoms with Crippen LogP contribution in [0.4, 0.5) is 4.79 Å². The molecule has 0 aliphatic rings. The van der Waals surface area contributed by atoms with Gasteiger partial charge < -0.3 is 25.2 Å². The van der Waals surface area contributed by atoms with Crippen molar-refractivity contribution in [2.24, 2.45) is 5.73 Å². The van der Waals surface area contributed by atoms with Crippen LogP contribution in [-0.2, 0) is 9.30 Å². The molecule has 1 amide bonds. The first-order chi connectivity index (χ1) is 7.70. The molecule has 0 heterocycles. The Balaban J connectivity index is 0.000000437. The van der Waals surface area contributed by atoms with Crippen LogP contribution in [0.1, 0.15) is 10.4 Å². The summed E-state index contributed by atoms with van der Waals surface area (Å²) in [6.07, 6.45) is -1.09. The average molecular weight is 263 g/mol. The summed E-state index contributed by atoms with van der Waals surface area (Å²) in [7, 11) is -4.64. The maximum Gasteiger partial charge on any atom is 0.466 e. The third kappa shape index (κ3) is 10.6. The van der Waals surface area contributed by atoms with Crippen LogP contribution in [0.5, 0.6) is 0 Å². The largest absolute Gasteiger partial charge is 0.466 e. The van der Waals surface area contributed by atoms with Crippen LogP contribution < -0.4 is 5.73 Å². The topological polar surface area (TPSA) is 147 Å². The summed E-state index contributed by atoms with van der Waals surface area (Å²) in [4.78, 5) is 42.7. The average Bonchev–Trinajstić information content (AvgIpc) is 2.15. The molecule has 0 fully saturated rings. The molecule has 0 bridgehead atoms. The fourth-order valence-electron chi connectivity index (χ4n) is 0.725. The molecule has 0 saturated carbocycles. The summed E-state index contributed by atoms with van der Waals surface area (Å²) < 4.78 is 13.0. The summed E-state index contributed by atoms with van der Waals surface area (Å²) in [5, 5.41) is 0. The summed E-state index contributed by atoms with van der Waals surface area (Å²) in [6.45, 7) is 0. The number of nitrogens with two attached hydrogens (primary N) is 1. The van der Waals surface area contributed by atoms with E-state index in [4.69, 9.17) is 19.2 Å². The maximum absolute atomic E-state index is 10.9. The highest BCUT2D eigenvalue weighted by molar-refractivity contribution is 7.45. The lowest BCUT2D eigenvalue weighted by Gasteiger charge is -1.97. The second-order valence-electron chi connectivity index (χ2n) is 2.59. The lowest BCUT2D eigenvalue weighted by molar-refractivity contribution is 0.0638. The minimum Gasteiger partial charge on any atom is -0.373 e. The monoisotopic (exact) mass is 263 g/mol. The zero-order chi connectivity index (χ0) is 13.5.